The number of imide groups is 1. The van der Waals surface area contributed by atoms with Crippen molar-refractivity contribution in [3.05, 3.63) is 88.7 Å². The maximum Gasteiger partial charge on any atom is 0.339 e. The lowest BCUT2D eigenvalue weighted by molar-refractivity contribution is -1.10. The van der Waals surface area contributed by atoms with Gasteiger partial charge in [-0.05, 0) is 12.5 Å². The Morgan fingerprint density at radius 1 is 1.15 bits per heavy atom. The van der Waals surface area contributed by atoms with Gasteiger partial charge < -0.3 is 4.42 Å². The van der Waals surface area contributed by atoms with E-state index < -0.39 is 5.91 Å². The number of allylic oxidation sites excluding steroid dienone is 2. The summed E-state index contributed by atoms with van der Waals surface area (Å²) in [6.07, 6.45) is 13.2. The van der Waals surface area contributed by atoms with Crippen molar-refractivity contribution >= 4 is 34.6 Å². The number of nitrogens with zero attached hydrogens (tertiary/aromatic N) is 2. The van der Waals surface area contributed by atoms with E-state index >= 15 is 0 Å². The van der Waals surface area contributed by atoms with E-state index in [1.165, 1.54) is 0 Å². The highest BCUT2D eigenvalue weighted by molar-refractivity contribution is 6.38. The van der Waals surface area contributed by atoms with E-state index in [0.717, 1.165) is 34.9 Å². The molecule has 8 rings (SSSR count). The van der Waals surface area contributed by atoms with Crippen LogP contribution in [0.5, 0.6) is 0 Å². The molecule has 5 aliphatic heterocycles. The van der Waals surface area contributed by atoms with Gasteiger partial charge in [0.15, 0.2) is 12.1 Å². The first-order valence-corrected chi connectivity index (χ1v) is 11.2. The molecule has 1 aliphatic carbocycles. The fourth-order valence-electron chi connectivity index (χ4n) is 5.90. The van der Waals surface area contributed by atoms with Crippen LogP contribution in [0, 0.1) is 0 Å². The minimum atomic E-state index is -0.401. The molecule has 1 N–H and O–H groups in total. The Bertz CT molecular complexity index is 1480. The van der Waals surface area contributed by atoms with E-state index in [1.807, 2.05) is 54.9 Å². The molecule has 0 saturated carbocycles. The van der Waals surface area contributed by atoms with Gasteiger partial charge in [-0.25, -0.2) is 4.99 Å². The van der Waals surface area contributed by atoms with E-state index in [-0.39, 0.29) is 22.6 Å². The number of hydrogen-bond acceptors (Lipinski definition) is 5. The van der Waals surface area contributed by atoms with Crippen LogP contribution >= 0.6 is 0 Å². The second-order valence-corrected chi connectivity index (χ2v) is 8.86. The summed E-state index contributed by atoms with van der Waals surface area (Å²) in [5.74, 6) is -0.184. The number of hydroxylamine groups is 3. The van der Waals surface area contributed by atoms with Gasteiger partial charge in [0, 0.05) is 40.3 Å². The number of nitrogens with one attached hydrogen (secondary N) is 1. The molecule has 6 heterocycles. The van der Waals surface area contributed by atoms with Crippen LogP contribution in [-0.4, -0.2) is 34.8 Å². The molecule has 2 aromatic rings. The van der Waals surface area contributed by atoms with Crippen LogP contribution in [0.1, 0.15) is 25.3 Å². The number of quaternary nitrogens is 1. The number of amides is 2. The number of carbonyl (C=O) groups excluding carboxylic acids is 2. The van der Waals surface area contributed by atoms with E-state index in [2.05, 4.69) is 17.2 Å². The fourth-order valence-corrected chi connectivity index (χ4v) is 5.90. The summed E-state index contributed by atoms with van der Waals surface area (Å²) in [5, 5.41) is 3.43. The van der Waals surface area contributed by atoms with Gasteiger partial charge in [0.05, 0.1) is 17.4 Å². The third-order valence-corrected chi connectivity index (χ3v) is 7.13. The van der Waals surface area contributed by atoms with Crippen molar-refractivity contribution in [1.82, 2.24) is 5.32 Å². The molecule has 162 valence electrons. The van der Waals surface area contributed by atoms with E-state index in [0.29, 0.717) is 28.2 Å². The summed E-state index contributed by atoms with van der Waals surface area (Å²) < 4.78 is 5.99. The van der Waals surface area contributed by atoms with Crippen molar-refractivity contribution in [2.75, 3.05) is 0 Å². The third kappa shape index (κ3) is 2.24. The molecule has 7 heteroatoms. The van der Waals surface area contributed by atoms with Crippen LogP contribution in [-0.2, 0) is 14.4 Å². The molecule has 1 spiro atoms. The van der Waals surface area contributed by atoms with Crippen LogP contribution in [0.2, 0.25) is 0 Å². The lowest BCUT2D eigenvalue weighted by atomic mass is 9.86. The zero-order valence-electron chi connectivity index (χ0n) is 17.9. The quantitative estimate of drug-likeness (QED) is 0.581. The maximum atomic E-state index is 13.3. The van der Waals surface area contributed by atoms with Gasteiger partial charge in [0.25, 0.3) is 11.8 Å². The first kappa shape index (κ1) is 18.6. The standard InChI is InChI=1S/C26H19N3O4/c1-2-5-18-20(16-8-4-7-15-12-27-19-13-29(18,33-19)23(15)16)22-21(25(30)28-26(22)31)17-9-3-6-14-10-11-32-24(14)17/h3-4,6-13,18,23H,2,5H2,1H3/p+1. The second-order valence-electron chi connectivity index (χ2n) is 8.86. The number of furan rings is 1. The van der Waals surface area contributed by atoms with Crippen LogP contribution in [0.15, 0.2) is 92.5 Å². The molecule has 7 nitrogen and oxygen atoms in total. The number of carbonyl (C=O) groups is 2. The Morgan fingerprint density at radius 2 is 2.00 bits per heavy atom. The molecule has 1 aromatic carbocycles. The molecule has 1 aromatic heterocycles. The number of rotatable bonds is 4. The average Bonchev–Trinajstić information content (AvgIpc) is 3.37. The Labute approximate surface area is 189 Å². The molecule has 0 fully saturated rings. The smallest absolute Gasteiger partial charge is 0.339 e. The van der Waals surface area contributed by atoms with Crippen LogP contribution in [0.4, 0.5) is 0 Å². The van der Waals surface area contributed by atoms with Crippen molar-refractivity contribution in [3.8, 4) is 0 Å². The molecule has 3 unspecified atom stereocenters. The van der Waals surface area contributed by atoms with Crippen molar-refractivity contribution in [3.63, 3.8) is 0 Å². The lowest BCUT2D eigenvalue weighted by Gasteiger charge is -2.43. The topological polar surface area (TPSA) is 80.9 Å². The van der Waals surface area contributed by atoms with Crippen molar-refractivity contribution in [2.24, 2.45) is 4.99 Å². The van der Waals surface area contributed by atoms with Crippen molar-refractivity contribution < 1.29 is 23.5 Å². The van der Waals surface area contributed by atoms with Gasteiger partial charge in [-0.2, -0.15) is 0 Å². The third-order valence-electron chi connectivity index (χ3n) is 7.13. The number of hydrogen-bond donors (Lipinski definition) is 1. The molecule has 2 bridgehead atoms. The average molecular weight is 438 g/mol. The summed E-state index contributed by atoms with van der Waals surface area (Å²) >= 11 is 0. The molecular weight excluding hydrogens is 418 g/mol. The maximum absolute atomic E-state index is 13.3. The second kappa shape index (κ2) is 6.30. The number of para-hydroxylation sites is 1. The summed E-state index contributed by atoms with van der Waals surface area (Å²) in [6, 6.07) is 7.25. The molecule has 33 heavy (non-hydrogen) atoms. The van der Waals surface area contributed by atoms with E-state index in [1.54, 1.807) is 6.26 Å². The number of fused-ring (bicyclic) bond motifs is 1. The van der Waals surface area contributed by atoms with E-state index in [9.17, 15) is 9.59 Å². The predicted octanol–water partition coefficient (Wildman–Crippen LogP) is 3.83. The molecule has 0 saturated heterocycles. The number of aliphatic imine (C=N–C) groups is 1. The van der Waals surface area contributed by atoms with Crippen LogP contribution in [0.3, 0.4) is 0 Å². The fraction of sp³-hybridized carbons (Fsp3) is 0.192. The van der Waals surface area contributed by atoms with Crippen LogP contribution < -0.4 is 5.32 Å². The number of benzene rings is 1. The largest absolute Gasteiger partial charge is 0.464 e. The zero-order valence-corrected chi connectivity index (χ0v) is 17.9. The highest BCUT2D eigenvalue weighted by Gasteiger charge is 2.65. The Morgan fingerprint density at radius 3 is 2.85 bits per heavy atom. The van der Waals surface area contributed by atoms with Gasteiger partial charge in [-0.3, -0.25) is 19.7 Å². The van der Waals surface area contributed by atoms with Gasteiger partial charge in [-0.1, -0.05) is 48.0 Å². The molecule has 6 aliphatic rings. The monoisotopic (exact) mass is 438 g/mol. The highest BCUT2D eigenvalue weighted by atomic mass is 16.8. The Kier molecular flexibility index (Phi) is 3.55. The van der Waals surface area contributed by atoms with Gasteiger partial charge in [-0.15, -0.1) is 0 Å². The summed E-state index contributed by atoms with van der Waals surface area (Å²) in [7, 11) is 0. The van der Waals surface area contributed by atoms with Gasteiger partial charge in [0.2, 0.25) is 6.20 Å². The lowest BCUT2D eigenvalue weighted by Crippen LogP contribution is -2.58. The molecule has 0 radical (unpaired) electrons. The van der Waals surface area contributed by atoms with Gasteiger partial charge in [0.1, 0.15) is 5.58 Å². The highest BCUT2D eigenvalue weighted by Crippen LogP contribution is 2.54. The SMILES string of the molecule is CCCC1C(C2=C(c3cccc4ccoc34)C(=O)NC2=O)=C2C=CC=C3C=NC4=C[N+]1(O4)C32. The minimum Gasteiger partial charge on any atom is -0.464 e. The molecular formula is C26H20N3O4+. The van der Waals surface area contributed by atoms with Crippen molar-refractivity contribution in [1.29, 1.82) is 0 Å². The van der Waals surface area contributed by atoms with E-state index in [4.69, 9.17) is 9.25 Å². The predicted molar refractivity (Wildman–Crippen MR) is 121 cm³/mol. The normalized spacial score (nSPS) is 29.0. The summed E-state index contributed by atoms with van der Waals surface area (Å²) in [4.78, 5) is 37.2. The zero-order chi connectivity index (χ0) is 22.3. The van der Waals surface area contributed by atoms with Gasteiger partial charge >= 0.3 is 5.88 Å². The first-order chi connectivity index (χ1) is 16.1. The molecule has 3 atom stereocenters. The summed E-state index contributed by atoms with van der Waals surface area (Å²) in [5.41, 5.74) is 4.91. The Balaban J connectivity index is 1.54. The minimum absolute atomic E-state index is 0.117. The molecule has 2 amide bonds. The van der Waals surface area contributed by atoms with Crippen LogP contribution in [0.25, 0.3) is 16.5 Å². The van der Waals surface area contributed by atoms with Crippen molar-refractivity contribution in [2.45, 2.75) is 31.8 Å². The summed E-state index contributed by atoms with van der Waals surface area (Å²) in [6.45, 7) is 2.12. The Hall–Kier alpha value is -3.97. The first-order valence-electron chi connectivity index (χ1n) is 11.2.